The SMILES string of the molecule is CNCC1CCN(C(C)CCSC)C1. The van der Waals surface area contributed by atoms with Crippen LogP contribution in [-0.4, -0.2) is 49.6 Å². The Bertz CT molecular complexity index is 152. The van der Waals surface area contributed by atoms with Crippen LogP contribution in [0.2, 0.25) is 0 Å². The minimum Gasteiger partial charge on any atom is -0.319 e. The van der Waals surface area contributed by atoms with Crippen LogP contribution in [0.15, 0.2) is 0 Å². The second-order valence-electron chi connectivity index (χ2n) is 4.34. The average molecular weight is 216 g/mol. The molecule has 0 aliphatic carbocycles. The standard InChI is InChI=1S/C11H24N2S/c1-10(5-7-14-3)13-6-4-11(9-13)8-12-2/h10-12H,4-9H2,1-3H3. The Balaban J connectivity index is 2.19. The summed E-state index contributed by atoms with van der Waals surface area (Å²) >= 11 is 1.96. The van der Waals surface area contributed by atoms with E-state index in [1.807, 2.05) is 11.8 Å². The van der Waals surface area contributed by atoms with Crippen LogP contribution in [0.25, 0.3) is 0 Å². The Kier molecular flexibility index (Phi) is 5.90. The van der Waals surface area contributed by atoms with E-state index >= 15 is 0 Å². The molecule has 2 atom stereocenters. The zero-order chi connectivity index (χ0) is 10.4. The van der Waals surface area contributed by atoms with E-state index in [9.17, 15) is 0 Å². The van der Waals surface area contributed by atoms with Crippen molar-refractivity contribution in [1.29, 1.82) is 0 Å². The fourth-order valence-corrected chi connectivity index (χ4v) is 2.77. The first-order valence-corrected chi connectivity index (χ1v) is 7.05. The van der Waals surface area contributed by atoms with E-state index in [2.05, 4.69) is 30.4 Å². The molecule has 1 heterocycles. The maximum atomic E-state index is 3.28. The van der Waals surface area contributed by atoms with Gasteiger partial charge in [-0.3, -0.25) is 0 Å². The van der Waals surface area contributed by atoms with Crippen LogP contribution in [0.3, 0.4) is 0 Å². The molecule has 0 aromatic carbocycles. The van der Waals surface area contributed by atoms with Gasteiger partial charge in [0.25, 0.3) is 0 Å². The molecular formula is C11H24N2S. The lowest BCUT2D eigenvalue weighted by molar-refractivity contribution is 0.244. The van der Waals surface area contributed by atoms with E-state index in [1.54, 1.807) is 0 Å². The highest BCUT2D eigenvalue weighted by Crippen LogP contribution is 2.19. The highest BCUT2D eigenvalue weighted by molar-refractivity contribution is 7.98. The van der Waals surface area contributed by atoms with Gasteiger partial charge < -0.3 is 10.2 Å². The topological polar surface area (TPSA) is 15.3 Å². The van der Waals surface area contributed by atoms with Crippen molar-refractivity contribution in [3.8, 4) is 0 Å². The molecule has 0 saturated carbocycles. The van der Waals surface area contributed by atoms with Gasteiger partial charge in [0, 0.05) is 12.6 Å². The van der Waals surface area contributed by atoms with Crippen molar-refractivity contribution < 1.29 is 0 Å². The Labute approximate surface area is 92.8 Å². The second-order valence-corrected chi connectivity index (χ2v) is 5.32. The summed E-state index contributed by atoms with van der Waals surface area (Å²) in [6, 6.07) is 0.782. The van der Waals surface area contributed by atoms with Gasteiger partial charge in [0.15, 0.2) is 0 Å². The van der Waals surface area contributed by atoms with Gasteiger partial charge in [0.1, 0.15) is 0 Å². The first-order chi connectivity index (χ1) is 6.77. The normalized spacial score (nSPS) is 25.5. The van der Waals surface area contributed by atoms with Crippen LogP contribution in [0, 0.1) is 5.92 Å². The van der Waals surface area contributed by atoms with Crippen molar-refractivity contribution in [2.24, 2.45) is 5.92 Å². The molecule has 1 rings (SSSR count). The summed E-state index contributed by atoms with van der Waals surface area (Å²) in [5.41, 5.74) is 0. The molecule has 1 N–H and O–H groups in total. The van der Waals surface area contributed by atoms with Gasteiger partial charge >= 0.3 is 0 Å². The van der Waals surface area contributed by atoms with Crippen molar-refractivity contribution in [1.82, 2.24) is 10.2 Å². The molecule has 0 spiro atoms. The summed E-state index contributed by atoms with van der Waals surface area (Å²) in [5, 5.41) is 3.28. The fourth-order valence-electron chi connectivity index (χ4n) is 2.19. The summed E-state index contributed by atoms with van der Waals surface area (Å²) in [5.74, 6) is 2.19. The van der Waals surface area contributed by atoms with Crippen molar-refractivity contribution >= 4 is 11.8 Å². The van der Waals surface area contributed by atoms with E-state index in [4.69, 9.17) is 0 Å². The van der Waals surface area contributed by atoms with Crippen LogP contribution in [-0.2, 0) is 0 Å². The summed E-state index contributed by atoms with van der Waals surface area (Å²) in [7, 11) is 2.06. The largest absolute Gasteiger partial charge is 0.319 e. The molecule has 1 aliphatic heterocycles. The number of nitrogens with zero attached hydrogens (tertiary/aromatic N) is 1. The van der Waals surface area contributed by atoms with E-state index in [-0.39, 0.29) is 0 Å². The van der Waals surface area contributed by atoms with Crippen molar-refractivity contribution in [2.75, 3.05) is 38.7 Å². The Morgan fingerprint density at radius 1 is 1.57 bits per heavy atom. The predicted molar refractivity (Wildman–Crippen MR) is 66.1 cm³/mol. The summed E-state index contributed by atoms with van der Waals surface area (Å²) < 4.78 is 0. The van der Waals surface area contributed by atoms with Gasteiger partial charge in [-0.2, -0.15) is 11.8 Å². The number of nitrogens with one attached hydrogen (secondary N) is 1. The second kappa shape index (κ2) is 6.70. The van der Waals surface area contributed by atoms with Crippen LogP contribution >= 0.6 is 11.8 Å². The molecule has 2 unspecified atom stereocenters. The molecule has 3 heteroatoms. The van der Waals surface area contributed by atoms with Crippen LogP contribution in [0.4, 0.5) is 0 Å². The van der Waals surface area contributed by atoms with E-state index in [0.29, 0.717) is 0 Å². The van der Waals surface area contributed by atoms with Crippen LogP contribution < -0.4 is 5.32 Å². The Hall–Kier alpha value is 0.270. The van der Waals surface area contributed by atoms with E-state index < -0.39 is 0 Å². The molecule has 0 radical (unpaired) electrons. The molecule has 84 valence electrons. The molecule has 14 heavy (non-hydrogen) atoms. The zero-order valence-corrected chi connectivity index (χ0v) is 10.6. The van der Waals surface area contributed by atoms with Gasteiger partial charge in [-0.1, -0.05) is 0 Å². The lowest BCUT2D eigenvalue weighted by Gasteiger charge is -2.24. The lowest BCUT2D eigenvalue weighted by atomic mass is 10.1. The summed E-state index contributed by atoms with van der Waals surface area (Å²) in [6.07, 6.45) is 4.92. The molecule has 1 saturated heterocycles. The maximum Gasteiger partial charge on any atom is 0.00749 e. The van der Waals surface area contributed by atoms with Gasteiger partial charge in [0.2, 0.25) is 0 Å². The zero-order valence-electron chi connectivity index (χ0n) is 9.75. The average Bonchev–Trinajstić information content (AvgIpc) is 2.63. The highest BCUT2D eigenvalue weighted by atomic mass is 32.2. The monoisotopic (exact) mass is 216 g/mol. The molecule has 0 amide bonds. The molecule has 1 aliphatic rings. The van der Waals surface area contributed by atoms with Crippen molar-refractivity contribution in [3.63, 3.8) is 0 Å². The molecule has 0 aromatic heterocycles. The molecule has 2 nitrogen and oxygen atoms in total. The minimum atomic E-state index is 0.782. The highest BCUT2D eigenvalue weighted by Gasteiger charge is 2.24. The van der Waals surface area contributed by atoms with Crippen molar-refractivity contribution in [3.05, 3.63) is 0 Å². The first-order valence-electron chi connectivity index (χ1n) is 5.65. The van der Waals surface area contributed by atoms with Gasteiger partial charge in [0.05, 0.1) is 0 Å². The first kappa shape index (κ1) is 12.3. The molecule has 0 bridgehead atoms. The lowest BCUT2D eigenvalue weighted by Crippen LogP contribution is -2.32. The predicted octanol–water partition coefficient (Wildman–Crippen LogP) is 1.67. The summed E-state index contributed by atoms with van der Waals surface area (Å²) in [6.45, 7) is 6.17. The fraction of sp³-hybridized carbons (Fsp3) is 1.00. The number of likely N-dealkylation sites (tertiary alicyclic amines) is 1. The number of rotatable bonds is 6. The van der Waals surface area contributed by atoms with Gasteiger partial charge in [-0.25, -0.2) is 0 Å². The van der Waals surface area contributed by atoms with Crippen LogP contribution in [0.5, 0.6) is 0 Å². The third-order valence-electron chi connectivity index (χ3n) is 3.17. The Morgan fingerprint density at radius 3 is 3.00 bits per heavy atom. The molecule has 1 fully saturated rings. The smallest absolute Gasteiger partial charge is 0.00749 e. The number of thioether (sulfide) groups is 1. The number of hydrogen-bond acceptors (Lipinski definition) is 3. The van der Waals surface area contributed by atoms with E-state index in [1.165, 1.54) is 38.2 Å². The van der Waals surface area contributed by atoms with Gasteiger partial charge in [-0.15, -0.1) is 0 Å². The summed E-state index contributed by atoms with van der Waals surface area (Å²) in [4.78, 5) is 2.65. The molecular weight excluding hydrogens is 192 g/mol. The minimum absolute atomic E-state index is 0.782. The number of hydrogen-bond donors (Lipinski definition) is 1. The van der Waals surface area contributed by atoms with Gasteiger partial charge in [-0.05, 0) is 57.8 Å². The quantitative estimate of drug-likeness (QED) is 0.727. The van der Waals surface area contributed by atoms with Crippen LogP contribution in [0.1, 0.15) is 19.8 Å². The molecule has 0 aromatic rings. The third kappa shape index (κ3) is 3.79. The van der Waals surface area contributed by atoms with E-state index in [0.717, 1.165) is 12.0 Å². The Morgan fingerprint density at radius 2 is 2.36 bits per heavy atom. The maximum absolute atomic E-state index is 3.28. The van der Waals surface area contributed by atoms with Crippen molar-refractivity contribution in [2.45, 2.75) is 25.8 Å². The third-order valence-corrected chi connectivity index (χ3v) is 3.82.